The fraction of sp³-hybridized carbons (Fsp3) is 0.300. The topological polar surface area (TPSA) is 102 Å². The van der Waals surface area contributed by atoms with Crippen molar-refractivity contribution in [1.82, 2.24) is 4.98 Å². The molecule has 0 atom stereocenters. The first-order valence-electron chi connectivity index (χ1n) is 5.00. The van der Waals surface area contributed by atoms with Crippen molar-refractivity contribution < 1.29 is 22.8 Å². The molecule has 104 valence electrons. The van der Waals surface area contributed by atoms with Gasteiger partial charge in [0.15, 0.2) is 0 Å². The molecule has 2 amide bonds. The highest BCUT2D eigenvalue weighted by Crippen LogP contribution is 2.30. The smallest absolute Gasteiger partial charge is 0.368 e. The van der Waals surface area contributed by atoms with Gasteiger partial charge in [-0.05, 0) is 12.1 Å². The molecule has 0 aromatic carbocycles. The summed E-state index contributed by atoms with van der Waals surface area (Å²) in [4.78, 5) is 26.2. The monoisotopic (exact) mass is 276 g/mol. The van der Waals surface area contributed by atoms with Crippen LogP contribution in [0.1, 0.15) is 16.1 Å². The molecule has 1 aromatic heterocycles. The maximum atomic E-state index is 12.5. The van der Waals surface area contributed by atoms with Crippen molar-refractivity contribution in [2.75, 3.05) is 18.5 Å². The number of pyridine rings is 1. The number of nitrogens with zero attached hydrogens (tertiary/aromatic N) is 2. The average molecular weight is 276 g/mol. The maximum Gasteiger partial charge on any atom is 0.433 e. The predicted octanol–water partition coefficient (Wildman–Crippen LogP) is 0.121. The van der Waals surface area contributed by atoms with E-state index in [1.165, 1.54) is 7.05 Å². The maximum absolute atomic E-state index is 12.5. The zero-order valence-corrected chi connectivity index (χ0v) is 9.86. The molecule has 0 aliphatic rings. The Bertz CT molecular complexity index is 516. The highest BCUT2D eigenvalue weighted by molar-refractivity contribution is 5.98. The van der Waals surface area contributed by atoms with E-state index in [-0.39, 0.29) is 11.4 Å². The van der Waals surface area contributed by atoms with Gasteiger partial charge in [0.25, 0.3) is 5.91 Å². The van der Waals surface area contributed by atoms with Gasteiger partial charge in [0.1, 0.15) is 11.5 Å². The molecule has 0 radical (unpaired) electrons. The van der Waals surface area contributed by atoms with Crippen molar-refractivity contribution in [3.63, 3.8) is 0 Å². The minimum absolute atomic E-state index is 0.225. The second kappa shape index (κ2) is 5.12. The van der Waals surface area contributed by atoms with Gasteiger partial charge in [-0.15, -0.1) is 0 Å². The molecule has 0 saturated heterocycles. The Labute approximate surface area is 106 Å². The summed E-state index contributed by atoms with van der Waals surface area (Å²) in [6.45, 7) is -0.394. The number of likely N-dealkylation sites (N-methyl/N-ethyl adjacent to an activating group) is 1. The molecule has 0 unspecified atom stereocenters. The third kappa shape index (κ3) is 3.57. The number of hydrogen-bond acceptors (Lipinski definition) is 4. The van der Waals surface area contributed by atoms with Crippen molar-refractivity contribution in [2.24, 2.45) is 11.5 Å². The Morgan fingerprint density at radius 3 is 2.32 bits per heavy atom. The summed E-state index contributed by atoms with van der Waals surface area (Å²) in [5.41, 5.74) is 8.56. The van der Waals surface area contributed by atoms with Crippen molar-refractivity contribution in [3.05, 3.63) is 23.4 Å². The zero-order valence-electron chi connectivity index (χ0n) is 9.86. The Balaban J connectivity index is 3.31. The van der Waals surface area contributed by atoms with Crippen LogP contribution in [0.15, 0.2) is 12.1 Å². The van der Waals surface area contributed by atoms with Crippen LogP contribution in [-0.2, 0) is 11.0 Å². The lowest BCUT2D eigenvalue weighted by atomic mass is 10.2. The molecule has 0 saturated carbocycles. The van der Waals surface area contributed by atoms with Gasteiger partial charge in [-0.1, -0.05) is 0 Å². The van der Waals surface area contributed by atoms with Crippen LogP contribution in [0.3, 0.4) is 0 Å². The number of hydrogen-bond donors (Lipinski definition) is 2. The SMILES string of the molecule is CN(CC(N)=O)c1nc(C(F)(F)F)ccc1C(N)=O. The number of carbonyl (C=O) groups excluding carboxylic acids is 2. The molecule has 0 aliphatic heterocycles. The van der Waals surface area contributed by atoms with Crippen LogP contribution >= 0.6 is 0 Å². The first kappa shape index (κ1) is 14.7. The summed E-state index contributed by atoms with van der Waals surface area (Å²) in [6, 6.07) is 1.55. The van der Waals surface area contributed by atoms with E-state index < -0.39 is 30.2 Å². The number of aromatic nitrogens is 1. The lowest BCUT2D eigenvalue weighted by Gasteiger charge is -2.19. The van der Waals surface area contributed by atoms with Crippen LogP contribution in [0, 0.1) is 0 Å². The number of halogens is 3. The normalized spacial score (nSPS) is 11.2. The molecule has 4 N–H and O–H groups in total. The van der Waals surface area contributed by atoms with Crippen LogP contribution in [0.5, 0.6) is 0 Å². The van der Waals surface area contributed by atoms with Gasteiger partial charge in [0.05, 0.1) is 12.1 Å². The molecule has 0 bridgehead atoms. The second-order valence-corrected chi connectivity index (χ2v) is 3.75. The van der Waals surface area contributed by atoms with Crippen LogP contribution in [0.25, 0.3) is 0 Å². The Morgan fingerprint density at radius 2 is 1.89 bits per heavy atom. The number of rotatable bonds is 4. The molecular formula is C10H11F3N4O2. The van der Waals surface area contributed by atoms with Crippen LogP contribution in [0.2, 0.25) is 0 Å². The number of primary amides is 2. The first-order chi connectivity index (χ1) is 8.62. The van der Waals surface area contributed by atoms with E-state index in [4.69, 9.17) is 11.5 Å². The second-order valence-electron chi connectivity index (χ2n) is 3.75. The van der Waals surface area contributed by atoms with Gasteiger partial charge < -0.3 is 16.4 Å². The van der Waals surface area contributed by atoms with Gasteiger partial charge in [0, 0.05) is 7.05 Å². The van der Waals surface area contributed by atoms with E-state index in [0.29, 0.717) is 6.07 Å². The molecule has 1 heterocycles. The summed E-state index contributed by atoms with van der Waals surface area (Å²) in [5.74, 6) is -2.08. The van der Waals surface area contributed by atoms with Gasteiger partial charge >= 0.3 is 6.18 Å². The molecule has 19 heavy (non-hydrogen) atoms. The zero-order chi connectivity index (χ0) is 14.8. The van der Waals surface area contributed by atoms with Gasteiger partial charge in [-0.2, -0.15) is 13.2 Å². The van der Waals surface area contributed by atoms with Crippen LogP contribution in [-0.4, -0.2) is 30.4 Å². The van der Waals surface area contributed by atoms with Gasteiger partial charge in [-0.3, -0.25) is 9.59 Å². The number of anilines is 1. The van der Waals surface area contributed by atoms with Gasteiger partial charge in [-0.25, -0.2) is 4.98 Å². The Kier molecular flexibility index (Phi) is 3.98. The van der Waals surface area contributed by atoms with E-state index in [1.807, 2.05) is 0 Å². The van der Waals surface area contributed by atoms with Crippen molar-refractivity contribution in [2.45, 2.75) is 6.18 Å². The number of alkyl halides is 3. The summed E-state index contributed by atoms with van der Waals surface area (Å²) >= 11 is 0. The van der Waals surface area contributed by atoms with Crippen LogP contribution < -0.4 is 16.4 Å². The molecule has 1 rings (SSSR count). The summed E-state index contributed by atoms with van der Waals surface area (Å²) in [5, 5.41) is 0. The predicted molar refractivity (Wildman–Crippen MR) is 60.2 cm³/mol. The largest absolute Gasteiger partial charge is 0.433 e. The van der Waals surface area contributed by atoms with E-state index >= 15 is 0 Å². The molecular weight excluding hydrogens is 265 g/mol. The van der Waals surface area contributed by atoms with E-state index in [0.717, 1.165) is 11.0 Å². The molecule has 0 spiro atoms. The Morgan fingerprint density at radius 1 is 1.32 bits per heavy atom. The van der Waals surface area contributed by atoms with Crippen molar-refractivity contribution >= 4 is 17.6 Å². The quantitative estimate of drug-likeness (QED) is 0.815. The molecule has 9 heteroatoms. The summed E-state index contributed by atoms with van der Waals surface area (Å²) in [7, 11) is 1.28. The third-order valence-corrected chi connectivity index (χ3v) is 2.19. The highest BCUT2D eigenvalue weighted by atomic mass is 19.4. The van der Waals surface area contributed by atoms with Crippen molar-refractivity contribution in [1.29, 1.82) is 0 Å². The third-order valence-electron chi connectivity index (χ3n) is 2.19. The van der Waals surface area contributed by atoms with E-state index in [9.17, 15) is 22.8 Å². The summed E-state index contributed by atoms with van der Waals surface area (Å²) < 4.78 is 37.6. The Hall–Kier alpha value is -2.32. The lowest BCUT2D eigenvalue weighted by Crippen LogP contribution is -2.33. The average Bonchev–Trinajstić information content (AvgIpc) is 2.25. The van der Waals surface area contributed by atoms with E-state index in [2.05, 4.69) is 4.98 Å². The standard InChI is InChI=1S/C10H11F3N4O2/c1-17(4-7(14)18)9-5(8(15)19)2-3-6(16-9)10(11,12)13/h2-3H,4H2,1H3,(H2,14,18)(H2,15,19). The number of nitrogens with two attached hydrogens (primary N) is 2. The van der Waals surface area contributed by atoms with E-state index in [1.54, 1.807) is 0 Å². The number of carbonyl (C=O) groups is 2. The fourth-order valence-electron chi connectivity index (χ4n) is 1.40. The molecule has 0 fully saturated rings. The summed E-state index contributed by atoms with van der Waals surface area (Å²) in [6.07, 6.45) is -4.67. The minimum atomic E-state index is -4.67. The van der Waals surface area contributed by atoms with Crippen LogP contribution in [0.4, 0.5) is 19.0 Å². The van der Waals surface area contributed by atoms with Crippen molar-refractivity contribution in [3.8, 4) is 0 Å². The first-order valence-corrected chi connectivity index (χ1v) is 5.00. The lowest BCUT2D eigenvalue weighted by molar-refractivity contribution is -0.141. The molecule has 0 aliphatic carbocycles. The minimum Gasteiger partial charge on any atom is -0.368 e. The van der Waals surface area contributed by atoms with Gasteiger partial charge in [0.2, 0.25) is 5.91 Å². The fourth-order valence-corrected chi connectivity index (χ4v) is 1.40. The highest BCUT2D eigenvalue weighted by Gasteiger charge is 2.33. The molecule has 6 nitrogen and oxygen atoms in total. The molecule has 1 aromatic rings. The number of amides is 2.